The van der Waals surface area contributed by atoms with E-state index in [9.17, 15) is 4.79 Å². The third kappa shape index (κ3) is 2.27. The molecule has 0 bridgehead atoms. The van der Waals surface area contributed by atoms with E-state index in [1.807, 2.05) is 28.5 Å². The Labute approximate surface area is 120 Å². The molecule has 0 unspecified atom stereocenters. The van der Waals surface area contributed by atoms with E-state index in [0.717, 1.165) is 26.9 Å². The molecule has 2 heterocycles. The van der Waals surface area contributed by atoms with Gasteiger partial charge in [0.15, 0.2) is 0 Å². The topological polar surface area (TPSA) is 20.3 Å². The van der Waals surface area contributed by atoms with Crippen molar-refractivity contribution in [1.29, 1.82) is 0 Å². The number of thiocarbonyl (C=S) groups is 1. The highest BCUT2D eigenvalue weighted by Crippen LogP contribution is 2.38. The van der Waals surface area contributed by atoms with E-state index in [1.165, 1.54) is 24.6 Å². The van der Waals surface area contributed by atoms with Crippen molar-refractivity contribution in [3.8, 4) is 0 Å². The molecule has 1 aromatic rings. The Morgan fingerprint density at radius 1 is 1.39 bits per heavy atom. The molecular formula is C13H13NOS3. The Bertz CT molecular complexity index is 500. The van der Waals surface area contributed by atoms with Crippen LogP contribution in [0, 0.1) is 0 Å². The smallest absolute Gasteiger partial charge is 0.266 e. The fourth-order valence-electron chi connectivity index (χ4n) is 2.46. The van der Waals surface area contributed by atoms with Crippen molar-refractivity contribution in [2.75, 3.05) is 0 Å². The molecule has 1 aliphatic carbocycles. The van der Waals surface area contributed by atoms with Gasteiger partial charge in [-0.15, -0.1) is 11.3 Å². The van der Waals surface area contributed by atoms with E-state index in [1.54, 1.807) is 11.3 Å². The van der Waals surface area contributed by atoms with Gasteiger partial charge in [0.25, 0.3) is 5.91 Å². The molecule has 2 fully saturated rings. The molecule has 94 valence electrons. The SMILES string of the molecule is O=C1/C(=C\c2cccs2)SC(=S)N1C1CCCC1. The summed E-state index contributed by atoms with van der Waals surface area (Å²) in [7, 11) is 0. The fourth-order valence-corrected chi connectivity index (χ4v) is 4.58. The second kappa shape index (κ2) is 5.15. The standard InChI is InChI=1S/C13H13NOS3/c15-12-11(8-10-6-3-7-17-10)18-13(16)14(12)9-4-1-2-5-9/h3,6-9H,1-2,4-5H2/b11-8+. The number of hydrogen-bond acceptors (Lipinski definition) is 4. The second-order valence-electron chi connectivity index (χ2n) is 4.51. The predicted octanol–water partition coefficient (Wildman–Crippen LogP) is 3.89. The van der Waals surface area contributed by atoms with Crippen LogP contribution in [0.5, 0.6) is 0 Å². The first-order chi connectivity index (χ1) is 8.75. The van der Waals surface area contributed by atoms with Crippen LogP contribution >= 0.6 is 35.3 Å². The summed E-state index contributed by atoms with van der Waals surface area (Å²) in [5.41, 5.74) is 0. The van der Waals surface area contributed by atoms with Gasteiger partial charge >= 0.3 is 0 Å². The molecule has 5 heteroatoms. The van der Waals surface area contributed by atoms with E-state index in [0.29, 0.717) is 6.04 Å². The third-order valence-electron chi connectivity index (χ3n) is 3.33. The fraction of sp³-hybridized carbons (Fsp3) is 0.385. The van der Waals surface area contributed by atoms with Crippen LogP contribution in [-0.4, -0.2) is 21.2 Å². The molecule has 0 spiro atoms. The molecule has 3 rings (SSSR count). The minimum absolute atomic E-state index is 0.102. The molecule has 1 aromatic heterocycles. The second-order valence-corrected chi connectivity index (χ2v) is 7.16. The highest BCUT2D eigenvalue weighted by molar-refractivity contribution is 8.26. The summed E-state index contributed by atoms with van der Waals surface area (Å²) < 4.78 is 0.731. The molecule has 1 saturated carbocycles. The highest BCUT2D eigenvalue weighted by atomic mass is 32.2. The number of thioether (sulfide) groups is 1. The van der Waals surface area contributed by atoms with Crippen LogP contribution in [0.3, 0.4) is 0 Å². The summed E-state index contributed by atoms with van der Waals surface area (Å²) in [6, 6.07) is 4.35. The predicted molar refractivity (Wildman–Crippen MR) is 81.6 cm³/mol. The Morgan fingerprint density at radius 2 is 2.17 bits per heavy atom. The zero-order chi connectivity index (χ0) is 12.5. The van der Waals surface area contributed by atoms with Gasteiger partial charge in [-0.25, -0.2) is 0 Å². The summed E-state index contributed by atoms with van der Waals surface area (Å²) in [4.78, 5) is 16.1. The van der Waals surface area contributed by atoms with Gasteiger partial charge in [-0.1, -0.05) is 42.9 Å². The third-order valence-corrected chi connectivity index (χ3v) is 5.48. The van der Waals surface area contributed by atoms with Crippen molar-refractivity contribution in [3.63, 3.8) is 0 Å². The lowest BCUT2D eigenvalue weighted by Crippen LogP contribution is -2.36. The van der Waals surface area contributed by atoms with E-state index in [4.69, 9.17) is 12.2 Å². The van der Waals surface area contributed by atoms with Crippen molar-refractivity contribution < 1.29 is 4.79 Å². The number of hydrogen-bond donors (Lipinski definition) is 0. The summed E-state index contributed by atoms with van der Waals surface area (Å²) in [6.45, 7) is 0. The maximum absolute atomic E-state index is 12.4. The summed E-state index contributed by atoms with van der Waals surface area (Å²) in [5, 5.41) is 2.02. The van der Waals surface area contributed by atoms with Gasteiger partial charge in [0.2, 0.25) is 0 Å². The average Bonchev–Trinajstić information content (AvgIpc) is 3.03. The minimum Gasteiger partial charge on any atom is -0.290 e. The quantitative estimate of drug-likeness (QED) is 0.610. The molecule has 1 saturated heterocycles. The van der Waals surface area contributed by atoms with Crippen molar-refractivity contribution in [2.45, 2.75) is 31.7 Å². The Balaban J connectivity index is 1.84. The van der Waals surface area contributed by atoms with Gasteiger partial charge in [0.05, 0.1) is 4.91 Å². The van der Waals surface area contributed by atoms with Crippen LogP contribution in [0.4, 0.5) is 0 Å². The van der Waals surface area contributed by atoms with Crippen LogP contribution in [0.15, 0.2) is 22.4 Å². The first-order valence-corrected chi connectivity index (χ1v) is 8.17. The first kappa shape index (κ1) is 12.4. The van der Waals surface area contributed by atoms with Gasteiger partial charge in [0, 0.05) is 10.9 Å². The maximum Gasteiger partial charge on any atom is 0.266 e. The van der Waals surface area contributed by atoms with Crippen LogP contribution in [0.2, 0.25) is 0 Å². The maximum atomic E-state index is 12.4. The Morgan fingerprint density at radius 3 is 2.83 bits per heavy atom. The van der Waals surface area contributed by atoms with E-state index in [2.05, 4.69) is 0 Å². The zero-order valence-corrected chi connectivity index (χ0v) is 12.2. The molecule has 0 radical (unpaired) electrons. The summed E-state index contributed by atoms with van der Waals surface area (Å²) >= 11 is 8.44. The van der Waals surface area contributed by atoms with Crippen LogP contribution in [0.1, 0.15) is 30.6 Å². The number of thiophene rings is 1. The monoisotopic (exact) mass is 295 g/mol. The van der Waals surface area contributed by atoms with Gasteiger partial charge in [-0.2, -0.15) is 0 Å². The molecule has 0 N–H and O–H groups in total. The number of carbonyl (C=O) groups is 1. The number of carbonyl (C=O) groups excluding carboxylic acids is 1. The summed E-state index contributed by atoms with van der Waals surface area (Å²) in [6.07, 6.45) is 6.58. The zero-order valence-electron chi connectivity index (χ0n) is 9.80. The summed E-state index contributed by atoms with van der Waals surface area (Å²) in [5.74, 6) is 0.102. The molecule has 1 aliphatic heterocycles. The van der Waals surface area contributed by atoms with Gasteiger partial charge in [-0.3, -0.25) is 9.69 Å². The van der Waals surface area contributed by atoms with Crippen molar-refractivity contribution >= 4 is 51.6 Å². The van der Waals surface area contributed by atoms with E-state index < -0.39 is 0 Å². The molecule has 18 heavy (non-hydrogen) atoms. The highest BCUT2D eigenvalue weighted by Gasteiger charge is 2.37. The van der Waals surface area contributed by atoms with Crippen molar-refractivity contribution in [3.05, 3.63) is 27.3 Å². The van der Waals surface area contributed by atoms with E-state index >= 15 is 0 Å². The van der Waals surface area contributed by atoms with Crippen LogP contribution in [0.25, 0.3) is 6.08 Å². The molecule has 1 amide bonds. The molecule has 0 atom stereocenters. The lowest BCUT2D eigenvalue weighted by Gasteiger charge is -2.21. The first-order valence-electron chi connectivity index (χ1n) is 6.06. The lowest BCUT2D eigenvalue weighted by atomic mass is 10.2. The lowest BCUT2D eigenvalue weighted by molar-refractivity contribution is -0.123. The van der Waals surface area contributed by atoms with Crippen LogP contribution in [-0.2, 0) is 4.79 Å². The normalized spacial score (nSPS) is 23.6. The molecule has 2 nitrogen and oxygen atoms in total. The minimum atomic E-state index is 0.102. The largest absolute Gasteiger partial charge is 0.290 e. The van der Waals surface area contributed by atoms with Crippen molar-refractivity contribution in [2.24, 2.45) is 0 Å². The number of nitrogens with zero attached hydrogens (tertiary/aromatic N) is 1. The van der Waals surface area contributed by atoms with Gasteiger partial charge in [-0.05, 0) is 30.4 Å². The average molecular weight is 295 g/mol. The molecule has 2 aliphatic rings. The van der Waals surface area contributed by atoms with E-state index in [-0.39, 0.29) is 5.91 Å². The van der Waals surface area contributed by atoms with Gasteiger partial charge < -0.3 is 0 Å². The van der Waals surface area contributed by atoms with Gasteiger partial charge in [0.1, 0.15) is 4.32 Å². The Kier molecular flexibility index (Phi) is 3.54. The van der Waals surface area contributed by atoms with Crippen molar-refractivity contribution in [1.82, 2.24) is 4.90 Å². The number of rotatable bonds is 2. The number of amides is 1. The van der Waals surface area contributed by atoms with Crippen LogP contribution < -0.4 is 0 Å². The molecule has 0 aromatic carbocycles. The molecular weight excluding hydrogens is 282 g/mol. The Hall–Kier alpha value is -0.650.